The summed E-state index contributed by atoms with van der Waals surface area (Å²) in [5.41, 5.74) is 5.18. The van der Waals surface area contributed by atoms with E-state index in [-0.39, 0.29) is 29.5 Å². The van der Waals surface area contributed by atoms with Crippen molar-refractivity contribution in [1.82, 2.24) is 4.31 Å². The normalized spacial score (nSPS) is 11.9. The number of primary amides is 1. The number of amides is 1. The molecule has 0 bridgehead atoms. The molecule has 9 heteroatoms. The van der Waals surface area contributed by atoms with Crippen LogP contribution in [0.15, 0.2) is 33.9 Å². The van der Waals surface area contributed by atoms with Gasteiger partial charge in [0.25, 0.3) is 5.91 Å². The smallest absolute Gasteiger partial charge is 0.258 e. The SMILES string of the molecule is COCCN(Cc1cccs1)S(=O)(=O)c1csc(C(N)=O)c1. The van der Waals surface area contributed by atoms with E-state index in [2.05, 4.69) is 0 Å². The Hall–Kier alpha value is -1.26. The lowest BCUT2D eigenvalue weighted by Crippen LogP contribution is -2.33. The summed E-state index contributed by atoms with van der Waals surface area (Å²) < 4.78 is 31.8. The first-order valence-electron chi connectivity index (χ1n) is 6.35. The number of ether oxygens (including phenoxy) is 1. The molecule has 0 aliphatic carbocycles. The second-order valence-electron chi connectivity index (χ2n) is 4.42. The van der Waals surface area contributed by atoms with Crippen LogP contribution in [0.1, 0.15) is 14.5 Å². The highest BCUT2D eigenvalue weighted by Crippen LogP contribution is 2.24. The number of nitrogens with two attached hydrogens (primary N) is 1. The molecule has 2 aromatic rings. The number of thiophene rings is 2. The lowest BCUT2D eigenvalue weighted by atomic mass is 10.4. The average Bonchev–Trinajstić information content (AvgIpc) is 3.14. The molecule has 0 spiro atoms. The number of hydrogen-bond donors (Lipinski definition) is 1. The maximum atomic E-state index is 12.7. The molecule has 2 heterocycles. The topological polar surface area (TPSA) is 89.7 Å². The Labute approximate surface area is 137 Å². The Morgan fingerprint density at radius 1 is 1.41 bits per heavy atom. The van der Waals surface area contributed by atoms with Crippen LogP contribution in [0, 0.1) is 0 Å². The van der Waals surface area contributed by atoms with E-state index in [9.17, 15) is 13.2 Å². The highest BCUT2D eigenvalue weighted by molar-refractivity contribution is 7.89. The first kappa shape index (κ1) is 17.1. The van der Waals surface area contributed by atoms with E-state index in [1.807, 2.05) is 17.5 Å². The molecule has 2 N–H and O–H groups in total. The summed E-state index contributed by atoms with van der Waals surface area (Å²) in [4.78, 5) is 12.4. The van der Waals surface area contributed by atoms with Crippen molar-refractivity contribution < 1.29 is 17.9 Å². The van der Waals surface area contributed by atoms with Crippen LogP contribution in [0.25, 0.3) is 0 Å². The summed E-state index contributed by atoms with van der Waals surface area (Å²) in [5.74, 6) is -0.631. The van der Waals surface area contributed by atoms with Gasteiger partial charge in [0, 0.05) is 30.5 Å². The zero-order chi connectivity index (χ0) is 16.2. The summed E-state index contributed by atoms with van der Waals surface area (Å²) in [6, 6.07) is 5.07. The molecule has 0 aliphatic rings. The predicted octanol–water partition coefficient (Wildman–Crippen LogP) is 1.75. The number of hydrogen-bond acceptors (Lipinski definition) is 6. The van der Waals surface area contributed by atoms with Gasteiger partial charge in [-0.1, -0.05) is 6.07 Å². The average molecular weight is 360 g/mol. The molecule has 0 unspecified atom stereocenters. The van der Waals surface area contributed by atoms with E-state index in [4.69, 9.17) is 10.5 Å². The lowest BCUT2D eigenvalue weighted by Gasteiger charge is -2.20. The number of methoxy groups -OCH3 is 1. The van der Waals surface area contributed by atoms with Crippen LogP contribution >= 0.6 is 22.7 Å². The fourth-order valence-corrected chi connectivity index (χ4v) is 5.10. The van der Waals surface area contributed by atoms with Gasteiger partial charge in [-0.2, -0.15) is 4.31 Å². The lowest BCUT2D eigenvalue weighted by molar-refractivity contribution is 0.100. The Morgan fingerprint density at radius 2 is 2.18 bits per heavy atom. The van der Waals surface area contributed by atoms with Gasteiger partial charge in [0.1, 0.15) is 0 Å². The van der Waals surface area contributed by atoms with Crippen LogP contribution in [-0.4, -0.2) is 38.9 Å². The van der Waals surface area contributed by atoms with E-state index in [0.29, 0.717) is 0 Å². The summed E-state index contributed by atoms with van der Waals surface area (Å²) in [5, 5.41) is 3.33. The minimum absolute atomic E-state index is 0.0824. The number of carbonyl (C=O) groups excluding carboxylic acids is 1. The standard InChI is InChI=1S/C13H16N2O4S3/c1-19-5-4-15(8-10-3-2-6-20-10)22(17,18)11-7-12(13(14)16)21-9-11/h2-3,6-7,9H,4-5,8H2,1H3,(H2,14,16). The van der Waals surface area contributed by atoms with Crippen LogP contribution in [0.5, 0.6) is 0 Å². The van der Waals surface area contributed by atoms with Gasteiger partial charge in [-0.25, -0.2) is 8.42 Å². The van der Waals surface area contributed by atoms with Gasteiger partial charge >= 0.3 is 0 Å². The first-order chi connectivity index (χ1) is 10.4. The maximum Gasteiger partial charge on any atom is 0.258 e. The Kier molecular flexibility index (Phi) is 5.70. The number of sulfonamides is 1. The van der Waals surface area contributed by atoms with Crippen molar-refractivity contribution in [3.05, 3.63) is 38.7 Å². The Bertz CT molecular complexity index is 722. The zero-order valence-corrected chi connectivity index (χ0v) is 14.3. The van der Waals surface area contributed by atoms with Crippen LogP contribution in [0.3, 0.4) is 0 Å². The van der Waals surface area contributed by atoms with Crippen molar-refractivity contribution in [2.75, 3.05) is 20.3 Å². The molecule has 22 heavy (non-hydrogen) atoms. The van der Waals surface area contributed by atoms with E-state index in [0.717, 1.165) is 16.2 Å². The van der Waals surface area contributed by atoms with Gasteiger partial charge < -0.3 is 10.5 Å². The minimum atomic E-state index is -3.70. The Balaban J connectivity index is 2.28. The first-order valence-corrected chi connectivity index (χ1v) is 9.55. The molecule has 0 aliphatic heterocycles. The molecule has 0 radical (unpaired) electrons. The highest BCUT2D eigenvalue weighted by atomic mass is 32.2. The van der Waals surface area contributed by atoms with Crippen LogP contribution in [0.2, 0.25) is 0 Å². The van der Waals surface area contributed by atoms with Crippen molar-refractivity contribution in [3.63, 3.8) is 0 Å². The fraction of sp³-hybridized carbons (Fsp3) is 0.308. The van der Waals surface area contributed by atoms with E-state index in [1.54, 1.807) is 0 Å². The predicted molar refractivity (Wildman–Crippen MR) is 86.6 cm³/mol. The third-order valence-corrected chi connectivity index (χ3v) is 6.69. The summed E-state index contributed by atoms with van der Waals surface area (Å²) >= 11 is 2.51. The highest BCUT2D eigenvalue weighted by Gasteiger charge is 2.26. The van der Waals surface area contributed by atoms with Crippen molar-refractivity contribution in [2.45, 2.75) is 11.4 Å². The molecule has 2 aromatic heterocycles. The minimum Gasteiger partial charge on any atom is -0.383 e. The monoisotopic (exact) mass is 360 g/mol. The molecule has 1 amide bonds. The second-order valence-corrected chi connectivity index (χ2v) is 8.30. The van der Waals surface area contributed by atoms with Crippen LogP contribution in [0.4, 0.5) is 0 Å². The summed E-state index contributed by atoms with van der Waals surface area (Å²) in [7, 11) is -2.18. The molecule has 0 aromatic carbocycles. The largest absolute Gasteiger partial charge is 0.383 e. The maximum absolute atomic E-state index is 12.7. The molecular weight excluding hydrogens is 344 g/mol. The molecule has 2 rings (SSSR count). The van der Waals surface area contributed by atoms with Crippen LogP contribution in [-0.2, 0) is 21.3 Å². The molecule has 0 saturated heterocycles. The second kappa shape index (κ2) is 7.34. The quantitative estimate of drug-likeness (QED) is 0.776. The molecule has 0 saturated carbocycles. The molecule has 120 valence electrons. The van der Waals surface area contributed by atoms with E-state index in [1.165, 1.54) is 34.2 Å². The van der Waals surface area contributed by atoms with Crippen molar-refractivity contribution in [3.8, 4) is 0 Å². The fourth-order valence-electron chi connectivity index (χ4n) is 1.79. The molecule has 0 atom stereocenters. The van der Waals surface area contributed by atoms with Crippen molar-refractivity contribution >= 4 is 38.6 Å². The summed E-state index contributed by atoms with van der Waals surface area (Å²) in [6.45, 7) is 0.793. The molecule has 0 fully saturated rings. The van der Waals surface area contributed by atoms with E-state index >= 15 is 0 Å². The van der Waals surface area contributed by atoms with Gasteiger partial charge in [-0.15, -0.1) is 22.7 Å². The van der Waals surface area contributed by atoms with E-state index < -0.39 is 15.9 Å². The van der Waals surface area contributed by atoms with Gasteiger partial charge in [0.05, 0.1) is 16.4 Å². The number of rotatable bonds is 8. The third-order valence-electron chi connectivity index (χ3n) is 2.91. The van der Waals surface area contributed by atoms with Crippen molar-refractivity contribution in [2.24, 2.45) is 5.73 Å². The third kappa shape index (κ3) is 3.93. The van der Waals surface area contributed by atoms with Crippen molar-refractivity contribution in [1.29, 1.82) is 0 Å². The van der Waals surface area contributed by atoms with Gasteiger partial charge in [0.15, 0.2) is 0 Å². The van der Waals surface area contributed by atoms with Gasteiger partial charge in [0.2, 0.25) is 10.0 Å². The zero-order valence-electron chi connectivity index (χ0n) is 11.9. The molecule has 6 nitrogen and oxygen atoms in total. The van der Waals surface area contributed by atoms with Gasteiger partial charge in [-0.3, -0.25) is 4.79 Å². The number of carbonyl (C=O) groups is 1. The summed E-state index contributed by atoms with van der Waals surface area (Å²) in [6.07, 6.45) is 0. The molecular formula is C13H16N2O4S3. The number of nitrogens with zero attached hydrogens (tertiary/aromatic N) is 1. The van der Waals surface area contributed by atoms with Gasteiger partial charge in [-0.05, 0) is 17.5 Å². The van der Waals surface area contributed by atoms with Crippen LogP contribution < -0.4 is 5.73 Å². The Morgan fingerprint density at radius 3 is 2.73 bits per heavy atom.